The van der Waals surface area contributed by atoms with Crippen molar-refractivity contribution in [2.45, 2.75) is 63.1 Å². The molecule has 6 nitrogen and oxygen atoms in total. The molecule has 0 radical (unpaired) electrons. The molecule has 1 amide bonds. The summed E-state index contributed by atoms with van der Waals surface area (Å²) in [6.45, 7) is 6.00. The summed E-state index contributed by atoms with van der Waals surface area (Å²) >= 11 is 0. The Balaban J connectivity index is 1.43. The summed E-state index contributed by atoms with van der Waals surface area (Å²) in [7, 11) is 3.85. The summed E-state index contributed by atoms with van der Waals surface area (Å²) in [6.07, 6.45) is 7.23. The van der Waals surface area contributed by atoms with Gasteiger partial charge in [-0.2, -0.15) is 0 Å². The van der Waals surface area contributed by atoms with Crippen LogP contribution in [0.4, 0.5) is 0 Å². The number of amides is 1. The quantitative estimate of drug-likeness (QED) is 0.584. The number of hydrogen-bond donors (Lipinski definition) is 1. The van der Waals surface area contributed by atoms with Gasteiger partial charge in [-0.05, 0) is 62.8 Å². The zero-order chi connectivity index (χ0) is 25.9. The topological polar surface area (TPSA) is 62.2 Å². The lowest BCUT2D eigenvalue weighted by Gasteiger charge is -2.60. The van der Waals surface area contributed by atoms with Crippen molar-refractivity contribution in [3.8, 4) is 17.2 Å². The van der Waals surface area contributed by atoms with E-state index in [1.54, 1.807) is 19.3 Å². The van der Waals surface area contributed by atoms with E-state index in [9.17, 15) is 9.90 Å². The summed E-state index contributed by atoms with van der Waals surface area (Å²) in [6, 6.07) is 12.0. The average molecular weight is 503 g/mol. The molecular formula is C31H38N2O4. The highest BCUT2D eigenvalue weighted by Gasteiger charge is 2.66. The van der Waals surface area contributed by atoms with Gasteiger partial charge in [0, 0.05) is 41.3 Å². The van der Waals surface area contributed by atoms with Crippen molar-refractivity contribution in [3.05, 3.63) is 59.2 Å². The Morgan fingerprint density at radius 1 is 1.30 bits per heavy atom. The number of hydrogen-bond acceptors (Lipinski definition) is 5. The molecule has 6 heteroatoms. The van der Waals surface area contributed by atoms with Crippen molar-refractivity contribution in [2.24, 2.45) is 11.8 Å². The van der Waals surface area contributed by atoms with E-state index in [1.807, 2.05) is 36.4 Å². The molecule has 2 aliphatic carbocycles. The van der Waals surface area contributed by atoms with Crippen molar-refractivity contribution in [1.82, 2.24) is 9.80 Å². The molecule has 2 heterocycles. The van der Waals surface area contributed by atoms with Gasteiger partial charge < -0.3 is 24.4 Å². The van der Waals surface area contributed by atoms with Gasteiger partial charge in [0.1, 0.15) is 11.9 Å². The van der Waals surface area contributed by atoms with E-state index < -0.39 is 0 Å². The van der Waals surface area contributed by atoms with Crippen LogP contribution in [-0.4, -0.2) is 66.2 Å². The fourth-order valence-electron chi connectivity index (χ4n) is 7.84. The van der Waals surface area contributed by atoms with Crippen LogP contribution in [0.3, 0.4) is 0 Å². The van der Waals surface area contributed by atoms with Gasteiger partial charge in [0.15, 0.2) is 11.5 Å². The van der Waals surface area contributed by atoms with Gasteiger partial charge in [-0.15, -0.1) is 0 Å². The van der Waals surface area contributed by atoms with Crippen LogP contribution in [0.15, 0.2) is 42.5 Å². The smallest absolute Gasteiger partial charge is 0.246 e. The Hall–Kier alpha value is -2.99. The van der Waals surface area contributed by atoms with Crippen molar-refractivity contribution in [3.63, 3.8) is 0 Å². The van der Waals surface area contributed by atoms with Gasteiger partial charge in [-0.25, -0.2) is 0 Å². The lowest BCUT2D eigenvalue weighted by atomic mass is 9.51. The van der Waals surface area contributed by atoms with Crippen molar-refractivity contribution in [1.29, 1.82) is 0 Å². The molecule has 4 aliphatic rings. The Labute approximate surface area is 219 Å². The fraction of sp³-hybridized carbons (Fsp3) is 0.516. The third-order valence-electron chi connectivity index (χ3n) is 9.34. The maximum absolute atomic E-state index is 13.8. The molecule has 2 fully saturated rings. The van der Waals surface area contributed by atoms with E-state index in [0.717, 1.165) is 54.7 Å². The zero-order valence-electron chi connectivity index (χ0n) is 22.3. The number of benzene rings is 2. The molecule has 5 atom stereocenters. The zero-order valence-corrected chi connectivity index (χ0v) is 22.3. The number of methoxy groups -OCH3 is 1. The number of ether oxygens (including phenoxy) is 2. The van der Waals surface area contributed by atoms with Crippen LogP contribution in [-0.2, 0) is 16.6 Å². The van der Waals surface area contributed by atoms with Crippen molar-refractivity contribution in [2.75, 3.05) is 27.2 Å². The Bertz CT molecular complexity index is 1230. The molecular weight excluding hydrogens is 464 g/mol. The fourth-order valence-corrected chi connectivity index (χ4v) is 7.84. The summed E-state index contributed by atoms with van der Waals surface area (Å²) in [5.74, 6) is 2.49. The molecule has 2 aromatic rings. The predicted octanol–water partition coefficient (Wildman–Crippen LogP) is 4.64. The van der Waals surface area contributed by atoms with Gasteiger partial charge in [0.2, 0.25) is 5.91 Å². The first-order chi connectivity index (χ1) is 17.8. The van der Waals surface area contributed by atoms with E-state index >= 15 is 0 Å². The van der Waals surface area contributed by atoms with Gasteiger partial charge >= 0.3 is 0 Å². The number of nitrogens with zero attached hydrogens (tertiary/aromatic N) is 2. The minimum atomic E-state index is -0.215. The van der Waals surface area contributed by atoms with Crippen LogP contribution in [0.1, 0.15) is 49.8 Å². The molecule has 1 saturated heterocycles. The van der Waals surface area contributed by atoms with E-state index in [2.05, 4.69) is 30.7 Å². The molecule has 2 aromatic carbocycles. The Kier molecular flexibility index (Phi) is 5.98. The summed E-state index contributed by atoms with van der Waals surface area (Å²) in [4.78, 5) is 18.3. The average Bonchev–Trinajstić information content (AvgIpc) is 3.24. The minimum absolute atomic E-state index is 0.0345. The van der Waals surface area contributed by atoms with E-state index in [0.29, 0.717) is 35.9 Å². The lowest BCUT2D eigenvalue weighted by Crippen LogP contribution is -2.68. The third kappa shape index (κ3) is 3.67. The van der Waals surface area contributed by atoms with E-state index in [1.165, 1.54) is 0 Å². The minimum Gasteiger partial charge on any atom is -0.508 e. The van der Waals surface area contributed by atoms with Crippen LogP contribution in [0.5, 0.6) is 17.2 Å². The third-order valence-corrected chi connectivity index (χ3v) is 9.34. The lowest BCUT2D eigenvalue weighted by molar-refractivity contribution is -0.138. The maximum atomic E-state index is 13.8. The van der Waals surface area contributed by atoms with Crippen LogP contribution < -0.4 is 9.47 Å². The normalized spacial score (nSPS) is 29.8. The number of aromatic hydroxyl groups is 1. The SMILES string of the molecule is COc1cc(O)c2c3c1O[C@H]1[C@H](N(CC(C)C)C(=O)C=Cc4ccccc4)CC[C@H]4[C@@H](C2)N(C)CC[C@@]341. The molecule has 37 heavy (non-hydrogen) atoms. The standard InChI is InChI=1S/C31H38N2O4/c1-19(2)18-33(27(35)13-10-20-8-6-5-7-9-20)23-12-11-22-24-16-21-25(34)17-26(36-4)29-28(21)31(22,30(23)37-29)14-15-32(24)3/h5-10,13,17,19,22-24,30,34H,11-12,14-16,18H2,1-4H3/t22-,23+,24+,30-,31-/m0/s1. The van der Waals surface area contributed by atoms with E-state index in [4.69, 9.17) is 9.47 Å². The highest BCUT2D eigenvalue weighted by Crippen LogP contribution is 2.65. The number of likely N-dealkylation sites (N-methyl/N-ethyl adjacent to an activating group) is 1. The largest absolute Gasteiger partial charge is 0.508 e. The molecule has 2 aliphatic heterocycles. The molecule has 1 spiro atoms. The number of carbonyl (C=O) groups excluding carboxylic acids is 1. The van der Waals surface area contributed by atoms with E-state index in [-0.39, 0.29) is 23.5 Å². The van der Waals surface area contributed by atoms with Crippen molar-refractivity contribution < 1.29 is 19.4 Å². The summed E-state index contributed by atoms with van der Waals surface area (Å²) < 4.78 is 12.6. The molecule has 0 aromatic heterocycles. The molecule has 0 unspecified atom stereocenters. The number of piperidine rings is 1. The summed E-state index contributed by atoms with van der Waals surface area (Å²) in [5, 5.41) is 11.1. The Morgan fingerprint density at radius 3 is 2.81 bits per heavy atom. The van der Waals surface area contributed by atoms with Gasteiger partial charge in [0.05, 0.1) is 13.2 Å². The number of rotatable bonds is 6. The molecule has 1 saturated carbocycles. The Morgan fingerprint density at radius 2 is 2.08 bits per heavy atom. The van der Waals surface area contributed by atoms with Crippen LogP contribution in [0.2, 0.25) is 0 Å². The van der Waals surface area contributed by atoms with Gasteiger partial charge in [-0.1, -0.05) is 44.2 Å². The monoisotopic (exact) mass is 502 g/mol. The molecule has 6 rings (SSSR count). The van der Waals surface area contributed by atoms with Gasteiger partial charge in [-0.3, -0.25) is 4.79 Å². The van der Waals surface area contributed by atoms with Crippen molar-refractivity contribution >= 4 is 12.0 Å². The predicted molar refractivity (Wildman–Crippen MR) is 144 cm³/mol. The first-order valence-electron chi connectivity index (χ1n) is 13.7. The number of phenolic OH excluding ortho intramolecular Hbond substituents is 1. The molecule has 1 N–H and O–H groups in total. The van der Waals surface area contributed by atoms with Gasteiger partial charge in [0.25, 0.3) is 0 Å². The highest BCUT2D eigenvalue weighted by atomic mass is 16.5. The second kappa shape index (κ2) is 9.09. The van der Waals surface area contributed by atoms with Crippen LogP contribution in [0.25, 0.3) is 6.08 Å². The number of phenols is 1. The second-order valence-corrected chi connectivity index (χ2v) is 11.7. The maximum Gasteiger partial charge on any atom is 0.246 e. The van der Waals surface area contributed by atoms with Crippen LogP contribution in [0, 0.1) is 11.8 Å². The highest BCUT2D eigenvalue weighted by molar-refractivity contribution is 5.92. The first-order valence-corrected chi connectivity index (χ1v) is 13.7. The second-order valence-electron chi connectivity index (χ2n) is 11.7. The first kappa shape index (κ1) is 24.4. The number of carbonyl (C=O) groups is 1. The molecule has 2 bridgehead atoms. The number of likely N-dealkylation sites (tertiary alicyclic amines) is 1. The molecule has 196 valence electrons. The summed E-state index contributed by atoms with van der Waals surface area (Å²) in [5.41, 5.74) is 2.97. The van der Waals surface area contributed by atoms with Crippen LogP contribution >= 0.6 is 0 Å².